The van der Waals surface area contributed by atoms with Crippen molar-refractivity contribution in [3.05, 3.63) is 151 Å². The number of ketones is 1. The molecule has 31 heteroatoms. The Labute approximate surface area is 666 Å². The zero-order chi connectivity index (χ0) is 83.9. The molecule has 115 heavy (non-hydrogen) atoms. The second kappa shape index (κ2) is 41.5. The first kappa shape index (κ1) is 85.8. The minimum Gasteiger partial charge on any atom is -0.496 e. The number of aromatic nitrogens is 6. The number of imide groups is 4. The number of carbonyl (C=O) groups is 10. The van der Waals surface area contributed by atoms with Crippen LogP contribution in [0.15, 0.2) is 95.0 Å². The van der Waals surface area contributed by atoms with Gasteiger partial charge in [0.2, 0.25) is 23.6 Å². The number of carbonyl (C=O) groups excluding carboxylic acids is 9. The van der Waals surface area contributed by atoms with Gasteiger partial charge in [-0.25, -0.2) is 0 Å². The molecule has 614 valence electrons. The number of aryl methyl sites for hydroxylation is 6. The number of amides is 8. The monoisotopic (exact) mass is 1590 g/mol. The lowest BCUT2D eigenvalue weighted by Crippen LogP contribution is -2.54. The van der Waals surface area contributed by atoms with Crippen LogP contribution >= 0.6 is 0 Å². The van der Waals surface area contributed by atoms with Crippen molar-refractivity contribution in [1.29, 1.82) is 0 Å². The quantitative estimate of drug-likeness (QED) is 0.0158. The fraction of sp³-hybridized carbons (Fsp3) is 0.452. The van der Waals surface area contributed by atoms with Crippen LogP contribution in [0.1, 0.15) is 193 Å². The van der Waals surface area contributed by atoms with Gasteiger partial charge in [0.15, 0.2) is 0 Å². The van der Waals surface area contributed by atoms with Crippen LogP contribution in [0, 0.1) is 0 Å². The maximum Gasteiger partial charge on any atom is 0.317 e. The Bertz CT molecular complexity index is 5040. The Morgan fingerprint density at radius 3 is 1.26 bits per heavy atom. The number of halogens is 1. The van der Waals surface area contributed by atoms with E-state index < -0.39 is 66.6 Å². The summed E-state index contributed by atoms with van der Waals surface area (Å²) in [5.41, 5.74) is 14.2. The number of hydrogen-bond acceptors (Lipinski definition) is 21. The molecule has 7 N–H and O–H groups in total. The molecule has 4 aliphatic rings. The van der Waals surface area contributed by atoms with E-state index in [9.17, 15) is 61.9 Å². The summed E-state index contributed by atoms with van der Waals surface area (Å²) in [6.45, 7) is 1.47. The zero-order valence-corrected chi connectivity index (χ0v) is 66.5. The lowest BCUT2D eigenvalue weighted by Gasteiger charge is -2.27. The number of nitrogens with two attached hydrogens (primary N) is 1. The number of nitrogens with zero attached hydrogens (tertiary/aromatic N) is 8. The molecule has 4 aliphatic heterocycles. The number of aliphatic carboxylic acids is 1. The molecular formula is C84H104FN13O17. The Kier molecular flexibility index (Phi) is 30.9. The zero-order valence-electron chi connectivity index (χ0n) is 67.5. The minimum atomic E-state index is -1.00. The van der Waals surface area contributed by atoms with Crippen LogP contribution in [0.25, 0.3) is 44.1 Å². The van der Waals surface area contributed by atoms with Gasteiger partial charge in [0.25, 0.3) is 34.7 Å². The van der Waals surface area contributed by atoms with Gasteiger partial charge in [0.1, 0.15) is 51.9 Å². The number of alkyl halides is 1. The number of pyridine rings is 2. The van der Waals surface area contributed by atoms with Gasteiger partial charge in [-0.05, 0) is 117 Å². The first-order valence-electron chi connectivity index (χ1n) is 39.5. The molecule has 12 rings (SSSR count). The molecule has 8 heterocycles. The van der Waals surface area contributed by atoms with Crippen LogP contribution in [0.2, 0.25) is 0 Å². The van der Waals surface area contributed by atoms with Gasteiger partial charge in [-0.1, -0.05) is 94.9 Å². The third-order valence-electron chi connectivity index (χ3n) is 21.1. The van der Waals surface area contributed by atoms with E-state index in [0.717, 1.165) is 150 Å². The largest absolute Gasteiger partial charge is 0.496 e. The molecule has 8 aromatic rings. The van der Waals surface area contributed by atoms with Crippen LogP contribution in [0.4, 0.5) is 4.39 Å². The normalized spacial score (nSPS) is 15.1. The number of carboxylic acid groups (broad SMARTS) is 1. The Balaban J connectivity index is 0.000000215. The number of piperidine rings is 2. The van der Waals surface area contributed by atoms with Crippen molar-refractivity contribution in [2.75, 3.05) is 55.2 Å². The van der Waals surface area contributed by atoms with Gasteiger partial charge in [0, 0.05) is 106 Å². The minimum absolute atomic E-state index is 0.0933. The highest BCUT2D eigenvalue weighted by Crippen LogP contribution is 2.40. The molecule has 0 aliphatic carbocycles. The summed E-state index contributed by atoms with van der Waals surface area (Å²) in [4.78, 5) is 150. The van der Waals surface area contributed by atoms with E-state index in [-0.39, 0.29) is 68.1 Å². The molecular weight excluding hydrogens is 1480 g/mol. The Morgan fingerprint density at radius 2 is 0.896 bits per heavy atom. The van der Waals surface area contributed by atoms with Gasteiger partial charge in [-0.2, -0.15) is 10.2 Å². The number of unbranched alkanes of at least 4 members (excludes halogenated alkanes) is 13. The second-order valence-electron chi connectivity index (χ2n) is 28.8. The summed E-state index contributed by atoms with van der Waals surface area (Å²) in [5, 5.41) is 29.4. The van der Waals surface area contributed by atoms with Crippen molar-refractivity contribution in [3.8, 4) is 45.3 Å². The number of hydrogen-bond donors (Lipinski definition) is 6. The van der Waals surface area contributed by atoms with Crippen LogP contribution in [0.5, 0.6) is 23.0 Å². The fourth-order valence-electron chi connectivity index (χ4n) is 15.2. The van der Waals surface area contributed by atoms with E-state index >= 15 is 0 Å². The summed E-state index contributed by atoms with van der Waals surface area (Å²) >= 11 is 0. The lowest BCUT2D eigenvalue weighted by molar-refractivity contribution is -0.137. The molecule has 0 saturated carbocycles. The van der Waals surface area contributed by atoms with Crippen molar-refractivity contribution < 1.29 is 77.8 Å². The first-order valence-corrected chi connectivity index (χ1v) is 38.8. The highest BCUT2D eigenvalue weighted by atomic mass is 19.1. The number of ether oxygens (including phenoxy) is 4. The number of Topliss-reactive ketones (excluding diaryl/α,β-unsaturated/α-hetero) is 1. The van der Waals surface area contributed by atoms with Crippen molar-refractivity contribution in [3.63, 3.8) is 0 Å². The predicted octanol–water partition coefficient (Wildman–Crippen LogP) is 8.81. The molecule has 8 amide bonds. The standard InChI is InChI=1S/C42H50N6O8.C22H29N3O4.C19H22N4O5.CH3F/c1-46-25-32(30-24-44-47(2)38(30)42(46)54)27-20-34(55-3)31(35(21-27)56-4)23-43-22-28(49)16-12-10-8-6-5-7-9-11-14-26-15-13-17-29-37(26)41(53)48(40(29)52)33-18-19-36(50)45-39(33)51;23-14-7-5-3-1-2-4-6-9-15-10-8-11-16-19(15)22(29)25(21(16)28)17-12-13-18(26)24-20(17)27;1-22-10-14(12-8-21-23(2)18(12)19(22)26)11-5-15(27-3)13(16(6-11)28-4)7-20-9-17(24)25;1-2/h13,15,17,20-21,24-25,33,43H,5-12,14,16,18-19,22-23H2,1-4H3,(H,45,50,51);8,10-11,17H,1-7,9,12-14,23H2,(H,24,26,27);5-6,8,10,20H,7,9H2,1-4H3,(H,24,25);1H3/i;;;1D. The van der Waals surface area contributed by atoms with Crippen LogP contribution in [-0.4, -0.2) is 170 Å². The smallest absolute Gasteiger partial charge is 0.317 e. The average Bonchev–Trinajstić information content (AvgIpc) is 1.58. The lowest BCUT2D eigenvalue weighted by atomic mass is 9.97. The molecule has 0 spiro atoms. The van der Waals surface area contributed by atoms with Gasteiger partial charge < -0.3 is 49.6 Å². The number of benzene rings is 4. The molecule has 30 nitrogen and oxygen atoms in total. The molecule has 2 fully saturated rings. The number of rotatable bonds is 36. The van der Waals surface area contributed by atoms with Gasteiger partial charge in [0.05, 0.1) is 84.7 Å². The van der Waals surface area contributed by atoms with Gasteiger partial charge >= 0.3 is 5.97 Å². The van der Waals surface area contributed by atoms with E-state index in [1.54, 1.807) is 120 Å². The first-order chi connectivity index (χ1) is 55.9. The van der Waals surface area contributed by atoms with Crippen molar-refractivity contribution in [2.45, 2.75) is 166 Å². The third-order valence-corrected chi connectivity index (χ3v) is 21.1. The third kappa shape index (κ3) is 20.7. The second-order valence-corrected chi connectivity index (χ2v) is 28.8. The highest BCUT2D eigenvalue weighted by molar-refractivity contribution is 6.25. The summed E-state index contributed by atoms with van der Waals surface area (Å²) in [6.07, 6.45) is 25.1. The number of methoxy groups -OCH3 is 4. The average molecular weight is 1590 g/mol. The molecule has 2 unspecified atom stereocenters. The molecule has 0 bridgehead atoms. The van der Waals surface area contributed by atoms with E-state index in [0.29, 0.717) is 81.2 Å². The Morgan fingerprint density at radius 1 is 0.530 bits per heavy atom. The van der Waals surface area contributed by atoms with Crippen molar-refractivity contribution in [1.82, 2.24) is 59.8 Å². The van der Waals surface area contributed by atoms with E-state index in [4.69, 9.17) is 31.2 Å². The summed E-state index contributed by atoms with van der Waals surface area (Å²) in [6, 6.07) is 16.2. The van der Waals surface area contributed by atoms with Crippen molar-refractivity contribution in [2.24, 2.45) is 33.9 Å². The maximum absolute atomic E-state index is 13.3. The predicted molar refractivity (Wildman–Crippen MR) is 429 cm³/mol. The summed E-state index contributed by atoms with van der Waals surface area (Å²) < 4.78 is 44.2. The van der Waals surface area contributed by atoms with Crippen LogP contribution in [0.3, 0.4) is 0 Å². The van der Waals surface area contributed by atoms with E-state index in [2.05, 4.69) is 31.5 Å². The van der Waals surface area contributed by atoms with E-state index in [1.807, 2.05) is 36.4 Å². The molecule has 4 aromatic carbocycles. The number of carboxylic acids is 1. The topological polar surface area (TPSA) is 388 Å². The summed E-state index contributed by atoms with van der Waals surface area (Å²) in [5.74, 6) is -2.21. The maximum atomic E-state index is 13.3. The molecule has 2 atom stereocenters. The Hall–Kier alpha value is -11.6. The van der Waals surface area contributed by atoms with Crippen molar-refractivity contribution >= 4 is 80.8 Å². The molecule has 4 aromatic heterocycles. The van der Waals surface area contributed by atoms with Crippen LogP contribution in [-0.2, 0) is 82.9 Å². The van der Waals surface area contributed by atoms with Crippen LogP contribution < -0.4 is 57.1 Å². The SMILES string of the molecule is COc1cc(-c2cn(C)c(=O)c3c2cnn3C)cc(OC)c1CNCC(=O)CCCCCCCCCCc1cccc2c1C(=O)N(C1CCC(=O)NC1=O)C2=O.COc1cc(-c2cn(C)c(=O)c3c2cnn3C)cc(OC)c1CNCC(=O)O.NCCCCCCCCCc1cccc2c1C(=O)N(C1CCC(=O)NC1=O)C2=O.[2H]CF. The fourth-order valence-corrected chi connectivity index (χ4v) is 15.2. The summed E-state index contributed by atoms with van der Waals surface area (Å²) in [7, 11) is 12.1. The van der Waals surface area contributed by atoms with Gasteiger partial charge in [-0.3, -0.25) is 91.7 Å². The highest BCUT2D eigenvalue weighted by Gasteiger charge is 2.47. The number of fused-ring (bicyclic) bond motifs is 4. The number of nitrogens with one attached hydrogen (secondary N) is 4. The van der Waals surface area contributed by atoms with E-state index in [1.165, 1.54) is 23.8 Å². The molecule has 0 radical (unpaired) electrons. The van der Waals surface area contributed by atoms with Gasteiger partial charge in [-0.15, -0.1) is 0 Å². The molecule has 2 saturated heterocycles.